The molecule has 154 valence electrons. The number of carbonyl (C=O) groups is 1. The topological polar surface area (TPSA) is 92.4 Å². The van der Waals surface area contributed by atoms with Crippen molar-refractivity contribution in [3.63, 3.8) is 0 Å². The largest absolute Gasteiger partial charge is 0.508 e. The number of hydrogen-bond donors (Lipinski definition) is 2. The molecule has 0 bridgehead atoms. The Kier molecular flexibility index (Phi) is 6.39. The van der Waals surface area contributed by atoms with Crippen LogP contribution < -0.4 is 5.43 Å². The molecule has 4 aromatic rings. The van der Waals surface area contributed by atoms with E-state index in [1.54, 1.807) is 24.3 Å². The third kappa shape index (κ3) is 5.18. The van der Waals surface area contributed by atoms with Gasteiger partial charge in [0.2, 0.25) is 0 Å². The number of hydrogen-bond acceptors (Lipinski definition) is 6. The summed E-state index contributed by atoms with van der Waals surface area (Å²) >= 11 is 1.28. The molecule has 2 N–H and O–H groups in total. The summed E-state index contributed by atoms with van der Waals surface area (Å²) in [5, 5.41) is 22.5. The minimum absolute atomic E-state index is 0.132. The van der Waals surface area contributed by atoms with Crippen LogP contribution in [-0.2, 0) is 4.79 Å². The van der Waals surface area contributed by atoms with E-state index in [1.807, 2.05) is 65.2 Å². The van der Waals surface area contributed by atoms with E-state index in [-0.39, 0.29) is 17.4 Å². The average molecular weight is 430 g/mol. The molecule has 0 aliphatic carbocycles. The van der Waals surface area contributed by atoms with E-state index in [0.717, 1.165) is 16.8 Å². The molecule has 1 amide bonds. The van der Waals surface area contributed by atoms with E-state index >= 15 is 0 Å². The lowest BCUT2D eigenvalue weighted by Crippen LogP contribution is -2.20. The van der Waals surface area contributed by atoms with Crippen molar-refractivity contribution in [2.75, 3.05) is 5.75 Å². The van der Waals surface area contributed by atoms with E-state index in [4.69, 9.17) is 0 Å². The molecule has 1 heterocycles. The number of hydrazone groups is 1. The van der Waals surface area contributed by atoms with Crippen LogP contribution in [0.3, 0.4) is 0 Å². The van der Waals surface area contributed by atoms with Crippen LogP contribution in [0.2, 0.25) is 0 Å². The Hall–Kier alpha value is -3.91. The number of rotatable bonds is 7. The Morgan fingerprint density at radius 2 is 1.65 bits per heavy atom. The van der Waals surface area contributed by atoms with E-state index in [1.165, 1.54) is 18.0 Å². The standard InChI is InChI=1S/C23H19N5O2S/c29-20-13-11-17(12-14-20)15-24-25-21(30)16-31-23-27-26-22(18-7-3-1-4-8-18)28(23)19-9-5-2-6-10-19/h1-15,29H,16H2,(H,25,30). The van der Waals surface area contributed by atoms with Crippen LogP contribution in [-0.4, -0.2) is 37.7 Å². The summed E-state index contributed by atoms with van der Waals surface area (Å²) in [6.45, 7) is 0. The number of aromatic hydroxyl groups is 1. The van der Waals surface area contributed by atoms with Crippen LogP contribution >= 0.6 is 11.8 Å². The first kappa shape index (κ1) is 20.4. The Bertz CT molecular complexity index is 1180. The highest BCUT2D eigenvalue weighted by molar-refractivity contribution is 7.99. The summed E-state index contributed by atoms with van der Waals surface area (Å²) in [5.74, 6) is 0.756. The third-order valence-electron chi connectivity index (χ3n) is 4.31. The normalized spacial score (nSPS) is 11.0. The molecule has 8 heteroatoms. The second-order valence-electron chi connectivity index (χ2n) is 6.52. The SMILES string of the molecule is O=C(CSc1nnc(-c2ccccc2)n1-c1ccccc1)NN=Cc1ccc(O)cc1. The van der Waals surface area contributed by atoms with Crippen LogP contribution in [0.15, 0.2) is 95.2 Å². The maximum Gasteiger partial charge on any atom is 0.250 e. The summed E-state index contributed by atoms with van der Waals surface area (Å²) in [6.07, 6.45) is 1.52. The van der Waals surface area contributed by atoms with Gasteiger partial charge in [0.05, 0.1) is 12.0 Å². The van der Waals surface area contributed by atoms with Crippen LogP contribution in [0.5, 0.6) is 5.75 Å². The number of thioether (sulfide) groups is 1. The van der Waals surface area contributed by atoms with E-state index < -0.39 is 0 Å². The first-order valence-electron chi connectivity index (χ1n) is 9.51. The molecule has 0 radical (unpaired) electrons. The number of para-hydroxylation sites is 1. The summed E-state index contributed by atoms with van der Waals surface area (Å²) in [5.41, 5.74) is 5.12. The summed E-state index contributed by atoms with van der Waals surface area (Å²) in [6, 6.07) is 26.1. The van der Waals surface area contributed by atoms with Crippen molar-refractivity contribution in [1.29, 1.82) is 0 Å². The number of phenolic OH excluding ortho intramolecular Hbond substituents is 1. The van der Waals surface area contributed by atoms with Gasteiger partial charge in [0.1, 0.15) is 5.75 Å². The predicted molar refractivity (Wildman–Crippen MR) is 121 cm³/mol. The van der Waals surface area contributed by atoms with E-state index in [0.29, 0.717) is 11.0 Å². The van der Waals surface area contributed by atoms with Crippen molar-refractivity contribution >= 4 is 23.9 Å². The summed E-state index contributed by atoms with van der Waals surface area (Å²) in [7, 11) is 0. The molecule has 0 saturated heterocycles. The van der Waals surface area contributed by atoms with E-state index in [2.05, 4.69) is 20.7 Å². The van der Waals surface area contributed by atoms with Gasteiger partial charge in [0.25, 0.3) is 5.91 Å². The second kappa shape index (κ2) is 9.73. The first-order valence-corrected chi connectivity index (χ1v) is 10.5. The Morgan fingerprint density at radius 1 is 0.968 bits per heavy atom. The molecule has 0 atom stereocenters. The quantitative estimate of drug-likeness (QED) is 0.264. The van der Waals surface area contributed by atoms with Crippen LogP contribution in [0.25, 0.3) is 17.1 Å². The van der Waals surface area contributed by atoms with Gasteiger partial charge in [0.15, 0.2) is 11.0 Å². The van der Waals surface area contributed by atoms with Crippen LogP contribution in [0.1, 0.15) is 5.56 Å². The lowest BCUT2D eigenvalue weighted by Gasteiger charge is -2.10. The van der Waals surface area contributed by atoms with Gasteiger partial charge in [-0.05, 0) is 42.0 Å². The van der Waals surface area contributed by atoms with Gasteiger partial charge < -0.3 is 5.11 Å². The number of aromatic nitrogens is 3. The lowest BCUT2D eigenvalue weighted by atomic mass is 10.2. The van der Waals surface area contributed by atoms with Gasteiger partial charge in [-0.2, -0.15) is 5.10 Å². The molecule has 0 saturated carbocycles. The number of nitrogens with zero attached hydrogens (tertiary/aromatic N) is 4. The van der Waals surface area contributed by atoms with Crippen molar-refractivity contribution in [2.24, 2.45) is 5.10 Å². The molecule has 0 unspecified atom stereocenters. The monoisotopic (exact) mass is 429 g/mol. The zero-order valence-electron chi connectivity index (χ0n) is 16.4. The Morgan fingerprint density at radius 3 is 2.35 bits per heavy atom. The molecule has 7 nitrogen and oxygen atoms in total. The minimum atomic E-state index is -0.260. The van der Waals surface area contributed by atoms with Crippen molar-refractivity contribution < 1.29 is 9.90 Å². The summed E-state index contributed by atoms with van der Waals surface area (Å²) < 4.78 is 1.94. The fourth-order valence-electron chi connectivity index (χ4n) is 2.85. The average Bonchev–Trinajstić information content (AvgIpc) is 3.24. The molecule has 31 heavy (non-hydrogen) atoms. The van der Waals surface area contributed by atoms with Crippen molar-refractivity contribution in [1.82, 2.24) is 20.2 Å². The molecule has 0 fully saturated rings. The van der Waals surface area contributed by atoms with Crippen molar-refractivity contribution in [2.45, 2.75) is 5.16 Å². The third-order valence-corrected chi connectivity index (χ3v) is 5.24. The van der Waals surface area contributed by atoms with Crippen molar-refractivity contribution in [3.8, 4) is 22.8 Å². The van der Waals surface area contributed by atoms with E-state index in [9.17, 15) is 9.90 Å². The highest BCUT2D eigenvalue weighted by Crippen LogP contribution is 2.27. The van der Waals surface area contributed by atoms with Gasteiger partial charge in [-0.25, -0.2) is 5.43 Å². The minimum Gasteiger partial charge on any atom is -0.508 e. The molecule has 1 aromatic heterocycles. The Labute approximate surface area is 183 Å². The zero-order valence-corrected chi connectivity index (χ0v) is 17.2. The molecule has 0 spiro atoms. The molecule has 0 aliphatic heterocycles. The molecular weight excluding hydrogens is 410 g/mol. The molecule has 3 aromatic carbocycles. The number of nitrogens with one attached hydrogen (secondary N) is 1. The summed E-state index contributed by atoms with van der Waals surface area (Å²) in [4.78, 5) is 12.2. The van der Waals surface area contributed by atoms with Crippen LogP contribution in [0.4, 0.5) is 0 Å². The fourth-order valence-corrected chi connectivity index (χ4v) is 3.59. The maximum atomic E-state index is 12.2. The zero-order chi connectivity index (χ0) is 21.5. The maximum absolute atomic E-state index is 12.2. The first-order chi connectivity index (χ1) is 15.2. The molecular formula is C23H19N5O2S. The number of amides is 1. The second-order valence-corrected chi connectivity index (χ2v) is 7.46. The lowest BCUT2D eigenvalue weighted by molar-refractivity contribution is -0.118. The van der Waals surface area contributed by atoms with Gasteiger partial charge in [-0.3, -0.25) is 9.36 Å². The molecule has 4 rings (SSSR count). The smallest absolute Gasteiger partial charge is 0.250 e. The van der Waals surface area contributed by atoms with Gasteiger partial charge in [-0.15, -0.1) is 10.2 Å². The number of benzene rings is 3. The van der Waals surface area contributed by atoms with Crippen LogP contribution in [0, 0.1) is 0 Å². The van der Waals surface area contributed by atoms with Gasteiger partial charge in [0, 0.05) is 11.3 Å². The number of phenols is 1. The van der Waals surface area contributed by atoms with Gasteiger partial charge in [-0.1, -0.05) is 60.3 Å². The predicted octanol–water partition coefficient (Wildman–Crippen LogP) is 3.88. The number of carbonyl (C=O) groups excluding carboxylic acids is 1. The highest BCUT2D eigenvalue weighted by Gasteiger charge is 2.16. The van der Waals surface area contributed by atoms with Gasteiger partial charge >= 0.3 is 0 Å². The Balaban J connectivity index is 1.47. The molecule has 0 aliphatic rings. The fraction of sp³-hybridized carbons (Fsp3) is 0.0435. The highest BCUT2D eigenvalue weighted by atomic mass is 32.2. The van der Waals surface area contributed by atoms with Crippen molar-refractivity contribution in [3.05, 3.63) is 90.5 Å².